The van der Waals surface area contributed by atoms with Crippen LogP contribution in [0.4, 0.5) is 10.5 Å². The van der Waals surface area contributed by atoms with Crippen LogP contribution in [0.15, 0.2) is 55.0 Å². The summed E-state index contributed by atoms with van der Waals surface area (Å²) in [5.74, 6) is -0.245. The van der Waals surface area contributed by atoms with E-state index in [9.17, 15) is 9.59 Å². The van der Waals surface area contributed by atoms with Crippen molar-refractivity contribution in [1.29, 1.82) is 0 Å². The van der Waals surface area contributed by atoms with Crippen LogP contribution in [0.2, 0.25) is 0 Å². The van der Waals surface area contributed by atoms with Crippen LogP contribution in [-0.2, 0) is 4.74 Å². The number of fused-ring (bicyclic) bond motifs is 1. The zero-order chi connectivity index (χ0) is 22.2. The molecular weight excluding hydrogens is 410 g/mol. The second kappa shape index (κ2) is 7.80. The second-order valence-electron chi connectivity index (χ2n) is 7.67. The van der Waals surface area contributed by atoms with Gasteiger partial charge in [-0.3, -0.25) is 9.20 Å². The molecule has 4 heterocycles. The Balaban J connectivity index is 1.34. The standard InChI is InChI=1S/C22H21N7O3/c1-14-6-7-15(18-13-29(26-25-18)16-11-27(12-16)22(31)32-2)9-17(14)24-21(30)19-10-23-20-5-3-4-8-28(19)20/h3-10,13,16H,11-12H2,1-2H3,(H,24,30). The molecule has 10 heteroatoms. The second-order valence-corrected chi connectivity index (χ2v) is 7.67. The van der Waals surface area contributed by atoms with E-state index in [1.807, 2.05) is 49.5 Å². The molecule has 0 aliphatic carbocycles. The number of nitrogens with zero attached hydrogens (tertiary/aromatic N) is 6. The van der Waals surface area contributed by atoms with Gasteiger partial charge in [-0.1, -0.05) is 23.4 Å². The van der Waals surface area contributed by atoms with Gasteiger partial charge in [-0.05, 0) is 30.7 Å². The van der Waals surface area contributed by atoms with Crippen LogP contribution in [0, 0.1) is 6.92 Å². The number of likely N-dealkylation sites (tertiary alicyclic amines) is 1. The number of anilines is 1. The van der Waals surface area contributed by atoms with Crippen molar-refractivity contribution >= 4 is 23.3 Å². The predicted octanol–water partition coefficient (Wildman–Crippen LogP) is 2.78. The average Bonchev–Trinajstić information content (AvgIpc) is 3.41. The molecule has 1 saturated heterocycles. The van der Waals surface area contributed by atoms with Gasteiger partial charge in [0.25, 0.3) is 5.91 Å². The molecule has 0 bridgehead atoms. The van der Waals surface area contributed by atoms with E-state index in [4.69, 9.17) is 4.74 Å². The molecule has 1 aliphatic heterocycles. The van der Waals surface area contributed by atoms with Crippen LogP contribution >= 0.6 is 0 Å². The van der Waals surface area contributed by atoms with Crippen LogP contribution in [0.3, 0.4) is 0 Å². The lowest BCUT2D eigenvalue weighted by Gasteiger charge is -2.37. The Kier molecular flexibility index (Phi) is 4.81. The Morgan fingerprint density at radius 3 is 2.84 bits per heavy atom. The lowest BCUT2D eigenvalue weighted by Crippen LogP contribution is -2.50. The van der Waals surface area contributed by atoms with Gasteiger partial charge in [-0.2, -0.15) is 0 Å². The summed E-state index contributed by atoms with van der Waals surface area (Å²) in [5, 5.41) is 11.5. The minimum atomic E-state index is -0.341. The van der Waals surface area contributed by atoms with E-state index in [0.717, 1.165) is 11.1 Å². The van der Waals surface area contributed by atoms with Gasteiger partial charge >= 0.3 is 6.09 Å². The Hall–Kier alpha value is -4.21. The smallest absolute Gasteiger partial charge is 0.409 e. The van der Waals surface area contributed by atoms with Crippen LogP contribution in [0.5, 0.6) is 0 Å². The molecule has 0 atom stereocenters. The van der Waals surface area contributed by atoms with Gasteiger partial charge in [0.05, 0.1) is 25.5 Å². The molecule has 2 amide bonds. The Morgan fingerprint density at radius 1 is 1.19 bits per heavy atom. The summed E-state index contributed by atoms with van der Waals surface area (Å²) in [7, 11) is 1.37. The Morgan fingerprint density at radius 2 is 2.03 bits per heavy atom. The maximum atomic E-state index is 12.9. The lowest BCUT2D eigenvalue weighted by molar-refractivity contribution is 0.0668. The number of nitrogens with one attached hydrogen (secondary N) is 1. The first kappa shape index (κ1) is 19.7. The van der Waals surface area contributed by atoms with Gasteiger partial charge in [0.15, 0.2) is 0 Å². The molecule has 1 aliphatic rings. The SMILES string of the molecule is COC(=O)N1CC(n2cc(-c3ccc(C)c(NC(=O)c4cnc5ccccn45)c3)nn2)C1. The highest BCUT2D eigenvalue weighted by molar-refractivity contribution is 6.04. The molecule has 0 radical (unpaired) electrons. The lowest BCUT2D eigenvalue weighted by atomic mass is 10.1. The third-order valence-corrected chi connectivity index (χ3v) is 5.61. The summed E-state index contributed by atoms with van der Waals surface area (Å²) in [6.45, 7) is 2.99. The number of ether oxygens (including phenoxy) is 1. The van der Waals surface area contributed by atoms with E-state index in [-0.39, 0.29) is 18.0 Å². The van der Waals surface area contributed by atoms with E-state index in [2.05, 4.69) is 20.6 Å². The summed E-state index contributed by atoms with van der Waals surface area (Å²) in [6, 6.07) is 11.4. The molecule has 32 heavy (non-hydrogen) atoms. The number of benzene rings is 1. The summed E-state index contributed by atoms with van der Waals surface area (Å²) in [4.78, 5) is 30.3. The minimum Gasteiger partial charge on any atom is -0.453 e. The molecular formula is C22H21N7O3. The monoisotopic (exact) mass is 431 g/mol. The molecule has 0 unspecified atom stereocenters. The van der Waals surface area contributed by atoms with Crippen LogP contribution in [0.25, 0.3) is 16.9 Å². The average molecular weight is 431 g/mol. The first-order chi connectivity index (χ1) is 15.5. The zero-order valence-corrected chi connectivity index (χ0v) is 17.6. The summed E-state index contributed by atoms with van der Waals surface area (Å²) < 4.78 is 8.22. The quantitative estimate of drug-likeness (QED) is 0.533. The van der Waals surface area contributed by atoms with Crippen molar-refractivity contribution < 1.29 is 14.3 Å². The van der Waals surface area contributed by atoms with Crippen LogP contribution in [0.1, 0.15) is 22.1 Å². The number of pyridine rings is 1. The topological polar surface area (TPSA) is 107 Å². The summed E-state index contributed by atoms with van der Waals surface area (Å²) in [6.07, 6.45) is 4.87. The summed E-state index contributed by atoms with van der Waals surface area (Å²) >= 11 is 0. The minimum absolute atomic E-state index is 0.0649. The number of amides is 2. The fraction of sp³-hybridized carbons (Fsp3) is 0.227. The number of imidazole rings is 1. The third-order valence-electron chi connectivity index (χ3n) is 5.61. The van der Waals surface area contributed by atoms with Crippen molar-refractivity contribution in [1.82, 2.24) is 29.3 Å². The molecule has 1 N–H and O–H groups in total. The Bertz CT molecular complexity index is 1320. The van der Waals surface area contributed by atoms with Crippen molar-refractivity contribution in [3.63, 3.8) is 0 Å². The third kappa shape index (κ3) is 3.45. The van der Waals surface area contributed by atoms with E-state index in [0.29, 0.717) is 35.8 Å². The highest BCUT2D eigenvalue weighted by atomic mass is 16.5. The first-order valence-corrected chi connectivity index (χ1v) is 10.1. The van der Waals surface area contributed by atoms with Gasteiger partial charge in [0, 0.05) is 30.5 Å². The van der Waals surface area contributed by atoms with Gasteiger partial charge in [-0.25, -0.2) is 14.5 Å². The molecule has 5 rings (SSSR count). The summed E-state index contributed by atoms with van der Waals surface area (Å²) in [5.41, 5.74) is 4.30. The largest absolute Gasteiger partial charge is 0.453 e. The number of carbonyl (C=O) groups excluding carboxylic acids is 2. The number of aryl methyl sites for hydroxylation is 1. The molecule has 162 valence electrons. The van der Waals surface area contributed by atoms with Crippen molar-refractivity contribution in [3.8, 4) is 11.3 Å². The van der Waals surface area contributed by atoms with E-state index in [1.165, 1.54) is 7.11 Å². The molecule has 10 nitrogen and oxygen atoms in total. The molecule has 4 aromatic rings. The molecule has 3 aromatic heterocycles. The molecule has 1 aromatic carbocycles. The van der Waals surface area contributed by atoms with E-state index in [1.54, 1.807) is 26.4 Å². The van der Waals surface area contributed by atoms with Gasteiger partial charge in [0.2, 0.25) is 0 Å². The number of methoxy groups -OCH3 is 1. The zero-order valence-electron chi connectivity index (χ0n) is 17.6. The van der Waals surface area contributed by atoms with Crippen LogP contribution < -0.4 is 5.32 Å². The fourth-order valence-electron chi connectivity index (χ4n) is 3.69. The normalized spacial score (nSPS) is 13.8. The predicted molar refractivity (Wildman–Crippen MR) is 116 cm³/mol. The number of hydrogen-bond donors (Lipinski definition) is 1. The van der Waals surface area contributed by atoms with E-state index < -0.39 is 0 Å². The number of aromatic nitrogens is 5. The number of carbonyl (C=O) groups is 2. The van der Waals surface area contributed by atoms with Crippen molar-refractivity contribution in [2.45, 2.75) is 13.0 Å². The Labute approximate surface area is 183 Å². The van der Waals surface area contributed by atoms with Gasteiger partial charge < -0.3 is 15.0 Å². The van der Waals surface area contributed by atoms with Crippen molar-refractivity contribution in [2.75, 3.05) is 25.5 Å². The van der Waals surface area contributed by atoms with E-state index >= 15 is 0 Å². The van der Waals surface area contributed by atoms with Gasteiger partial charge in [0.1, 0.15) is 17.0 Å². The fourth-order valence-corrected chi connectivity index (χ4v) is 3.69. The van der Waals surface area contributed by atoms with Crippen molar-refractivity contribution in [2.24, 2.45) is 0 Å². The number of hydrogen-bond acceptors (Lipinski definition) is 6. The molecule has 0 spiro atoms. The maximum absolute atomic E-state index is 12.9. The van der Waals surface area contributed by atoms with Crippen molar-refractivity contribution in [3.05, 3.63) is 66.2 Å². The van der Waals surface area contributed by atoms with Gasteiger partial charge in [-0.15, -0.1) is 5.10 Å². The molecule has 0 saturated carbocycles. The number of rotatable bonds is 4. The highest BCUT2D eigenvalue weighted by Gasteiger charge is 2.33. The maximum Gasteiger partial charge on any atom is 0.409 e. The molecule has 1 fully saturated rings. The van der Waals surface area contributed by atoms with Crippen LogP contribution in [-0.4, -0.2) is 61.5 Å². The first-order valence-electron chi connectivity index (χ1n) is 10.1. The highest BCUT2D eigenvalue weighted by Crippen LogP contribution is 2.27.